The van der Waals surface area contributed by atoms with E-state index >= 15 is 0 Å². The molecule has 0 unspecified atom stereocenters. The van der Waals surface area contributed by atoms with Crippen molar-refractivity contribution in [1.82, 2.24) is 0 Å². The summed E-state index contributed by atoms with van der Waals surface area (Å²) < 4.78 is 36.6. The first-order valence-corrected chi connectivity index (χ1v) is 8.67. The number of benzene rings is 1. The minimum Gasteiger partial charge on any atom is -0.394 e. The van der Waals surface area contributed by atoms with Crippen molar-refractivity contribution in [3.63, 3.8) is 0 Å². The van der Waals surface area contributed by atoms with Crippen molar-refractivity contribution in [2.75, 3.05) is 14.2 Å². The van der Waals surface area contributed by atoms with Crippen LogP contribution in [0, 0.1) is 0 Å². The largest absolute Gasteiger partial charge is 0.394 e. The summed E-state index contributed by atoms with van der Waals surface area (Å²) in [5.41, 5.74) is 8.22. The minimum absolute atomic E-state index is 0.0781. The average molecular weight is 287 g/mol. The first-order valence-electron chi connectivity index (χ1n) is 4.92. The number of azide groups is 1. The molecular formula is C9H13N3O4SSi. The molecule has 0 aromatic heterocycles. The fourth-order valence-corrected chi connectivity index (χ4v) is 3.63. The highest BCUT2D eigenvalue weighted by molar-refractivity contribution is 7.90. The molecule has 0 heterocycles. The number of hydrogen-bond donors (Lipinski definition) is 0. The lowest BCUT2D eigenvalue weighted by Crippen LogP contribution is -2.49. The van der Waals surface area contributed by atoms with Crippen molar-refractivity contribution >= 4 is 23.8 Å². The molecule has 18 heavy (non-hydrogen) atoms. The molecule has 0 bridgehead atoms. The van der Waals surface area contributed by atoms with Crippen molar-refractivity contribution in [1.29, 1.82) is 0 Å². The Kier molecular flexibility index (Phi) is 4.49. The molecule has 0 amide bonds. The molecule has 1 aromatic rings. The van der Waals surface area contributed by atoms with E-state index in [1.165, 1.54) is 26.4 Å². The van der Waals surface area contributed by atoms with Crippen LogP contribution in [0.3, 0.4) is 0 Å². The summed E-state index contributed by atoms with van der Waals surface area (Å²) in [6.45, 7) is 1.78. The molecule has 0 aliphatic carbocycles. The number of nitrogens with zero attached hydrogens (tertiary/aromatic N) is 3. The van der Waals surface area contributed by atoms with E-state index in [1.54, 1.807) is 18.7 Å². The molecule has 1 aromatic carbocycles. The number of rotatable bonds is 5. The van der Waals surface area contributed by atoms with E-state index in [0.29, 0.717) is 5.19 Å². The summed E-state index contributed by atoms with van der Waals surface area (Å²) in [5, 5.41) is 0.640. The Morgan fingerprint density at radius 2 is 1.94 bits per heavy atom. The smallest absolute Gasteiger partial charge is 0.368 e. The third-order valence-electron chi connectivity index (χ3n) is 2.58. The summed E-state index contributed by atoms with van der Waals surface area (Å²) in [4.78, 5) is 2.22. The summed E-state index contributed by atoms with van der Waals surface area (Å²) >= 11 is 0. The first kappa shape index (κ1) is 14.7. The van der Waals surface area contributed by atoms with Gasteiger partial charge in [-0.05, 0) is 29.4 Å². The van der Waals surface area contributed by atoms with Crippen molar-refractivity contribution in [2.24, 2.45) is 4.52 Å². The SMILES string of the molecule is CO[Si](C)(OC)c1cccc(S(=O)(=O)N=[N+]=[N-])c1. The number of hydrogen-bond acceptors (Lipinski definition) is 4. The predicted octanol–water partition coefficient (Wildman–Crippen LogP) is 1.26. The van der Waals surface area contributed by atoms with Gasteiger partial charge in [-0.1, -0.05) is 12.1 Å². The molecule has 0 spiro atoms. The minimum atomic E-state index is -3.99. The maximum Gasteiger partial charge on any atom is 0.368 e. The maximum absolute atomic E-state index is 11.6. The molecule has 0 aliphatic rings. The Morgan fingerprint density at radius 3 is 2.44 bits per heavy atom. The van der Waals surface area contributed by atoms with Crippen LogP contribution in [0.5, 0.6) is 0 Å². The summed E-state index contributed by atoms with van der Waals surface area (Å²) in [7, 11) is -3.59. The predicted molar refractivity (Wildman–Crippen MR) is 68.0 cm³/mol. The Morgan fingerprint density at radius 1 is 1.33 bits per heavy atom. The molecule has 0 fully saturated rings. The standard InChI is InChI=1S/C9H13N3O4SSi/c1-15-18(3,16-2)9-6-4-5-8(7-9)17(13,14)12-11-10/h4-7H,1-3H3. The normalized spacial score (nSPS) is 11.9. The highest BCUT2D eigenvalue weighted by Gasteiger charge is 2.32. The first-order chi connectivity index (χ1) is 8.39. The van der Waals surface area contributed by atoms with Crippen molar-refractivity contribution in [2.45, 2.75) is 11.4 Å². The van der Waals surface area contributed by atoms with E-state index in [1.807, 2.05) is 0 Å². The Hall–Kier alpha value is -1.38. The quantitative estimate of drug-likeness (QED) is 0.352. The lowest BCUT2D eigenvalue weighted by molar-refractivity contribution is 0.265. The maximum atomic E-state index is 11.6. The lowest BCUT2D eigenvalue weighted by atomic mass is 10.4. The van der Waals surface area contributed by atoms with Gasteiger partial charge < -0.3 is 8.85 Å². The van der Waals surface area contributed by atoms with E-state index in [-0.39, 0.29) is 4.90 Å². The zero-order chi connectivity index (χ0) is 13.8. The fraction of sp³-hybridized carbons (Fsp3) is 0.333. The zero-order valence-electron chi connectivity index (χ0n) is 10.2. The topological polar surface area (TPSA) is 101 Å². The Bertz CT molecular complexity index is 579. The fourth-order valence-electron chi connectivity index (χ4n) is 1.35. The molecule has 0 N–H and O–H groups in total. The van der Waals surface area contributed by atoms with E-state index in [0.717, 1.165) is 0 Å². The molecule has 0 aliphatic heterocycles. The molecule has 0 radical (unpaired) electrons. The average Bonchev–Trinajstić information content (AvgIpc) is 2.38. The highest BCUT2D eigenvalue weighted by atomic mass is 32.2. The van der Waals surface area contributed by atoms with Gasteiger partial charge in [-0.2, -0.15) is 0 Å². The third-order valence-corrected chi connectivity index (χ3v) is 6.63. The molecule has 98 valence electrons. The molecule has 1 rings (SSSR count). The van der Waals surface area contributed by atoms with Gasteiger partial charge >= 0.3 is 8.56 Å². The monoisotopic (exact) mass is 287 g/mol. The second-order valence-corrected chi connectivity index (χ2v) is 8.40. The molecule has 0 saturated carbocycles. The second-order valence-electron chi connectivity index (χ2n) is 3.53. The van der Waals surface area contributed by atoms with Gasteiger partial charge in [-0.15, -0.1) is 0 Å². The van der Waals surface area contributed by atoms with Gasteiger partial charge in [-0.25, -0.2) is 8.42 Å². The molecule has 0 atom stereocenters. The van der Waals surface area contributed by atoms with Crippen LogP contribution >= 0.6 is 0 Å². The summed E-state index contributed by atoms with van der Waals surface area (Å²) in [6.07, 6.45) is 0. The van der Waals surface area contributed by atoms with Crippen molar-refractivity contribution < 1.29 is 17.3 Å². The third kappa shape index (κ3) is 2.89. The van der Waals surface area contributed by atoms with Crippen LogP contribution in [0.4, 0.5) is 0 Å². The van der Waals surface area contributed by atoms with Gasteiger partial charge in [0, 0.05) is 23.7 Å². The summed E-state index contributed by atoms with van der Waals surface area (Å²) in [5.74, 6) is 0. The highest BCUT2D eigenvalue weighted by Crippen LogP contribution is 2.13. The van der Waals surface area contributed by atoms with Crippen molar-refractivity contribution in [3.8, 4) is 0 Å². The van der Waals surface area contributed by atoms with E-state index in [9.17, 15) is 8.42 Å². The Balaban J connectivity index is 3.35. The van der Waals surface area contributed by atoms with E-state index in [2.05, 4.69) is 9.43 Å². The van der Waals surface area contributed by atoms with Crippen LogP contribution in [0.25, 0.3) is 10.4 Å². The lowest BCUT2D eigenvalue weighted by Gasteiger charge is -2.23. The van der Waals surface area contributed by atoms with Crippen LogP contribution in [0.15, 0.2) is 33.7 Å². The molecular weight excluding hydrogens is 274 g/mol. The van der Waals surface area contributed by atoms with Crippen molar-refractivity contribution in [3.05, 3.63) is 34.7 Å². The molecule has 9 heteroatoms. The van der Waals surface area contributed by atoms with Gasteiger partial charge in [0.15, 0.2) is 0 Å². The second kappa shape index (κ2) is 5.51. The van der Waals surface area contributed by atoms with Crippen LogP contribution in [-0.2, 0) is 18.9 Å². The zero-order valence-corrected chi connectivity index (χ0v) is 12.0. The van der Waals surface area contributed by atoms with Crippen LogP contribution in [-0.4, -0.2) is 31.2 Å². The van der Waals surface area contributed by atoms with Gasteiger partial charge in [0.05, 0.1) is 4.90 Å². The Labute approximate surface area is 106 Å². The van der Waals surface area contributed by atoms with E-state index < -0.39 is 18.6 Å². The number of sulfonamides is 1. The van der Waals surface area contributed by atoms with Crippen LogP contribution < -0.4 is 5.19 Å². The van der Waals surface area contributed by atoms with Crippen LogP contribution in [0.1, 0.15) is 0 Å². The van der Waals surface area contributed by atoms with Gasteiger partial charge in [0.1, 0.15) is 0 Å². The summed E-state index contributed by atoms with van der Waals surface area (Å²) in [6, 6.07) is 6.03. The molecule has 0 saturated heterocycles. The van der Waals surface area contributed by atoms with E-state index in [4.69, 9.17) is 14.4 Å². The van der Waals surface area contributed by atoms with Crippen LogP contribution in [0.2, 0.25) is 6.55 Å². The molecule has 7 nitrogen and oxygen atoms in total. The van der Waals surface area contributed by atoms with Gasteiger partial charge in [0.25, 0.3) is 10.0 Å². The van der Waals surface area contributed by atoms with Gasteiger partial charge in [-0.3, -0.25) is 0 Å². The van der Waals surface area contributed by atoms with Gasteiger partial charge in [0.2, 0.25) is 0 Å².